The Morgan fingerprint density at radius 1 is 1.47 bits per heavy atom. The number of hydrogen-bond acceptors (Lipinski definition) is 2. The van der Waals surface area contributed by atoms with Crippen molar-refractivity contribution in [3.8, 4) is 11.8 Å². The van der Waals surface area contributed by atoms with E-state index in [2.05, 4.69) is 11.1 Å². The fourth-order valence-electron chi connectivity index (χ4n) is 1.45. The number of benzene rings is 1. The number of nitrogens with zero attached hydrogens (tertiary/aromatic N) is 2. The van der Waals surface area contributed by atoms with Gasteiger partial charge in [-0.15, -0.1) is 0 Å². The van der Waals surface area contributed by atoms with Gasteiger partial charge < -0.3 is 4.98 Å². The van der Waals surface area contributed by atoms with E-state index in [-0.39, 0.29) is 5.69 Å². The molecule has 0 saturated heterocycles. The fourth-order valence-corrected chi connectivity index (χ4v) is 1.45. The molecule has 0 aliphatic heterocycles. The largest absolute Gasteiger partial charge is 0.330 e. The summed E-state index contributed by atoms with van der Waals surface area (Å²) in [5, 5.41) is 8.77. The molecule has 0 saturated carbocycles. The van der Waals surface area contributed by atoms with Crippen molar-refractivity contribution in [2.24, 2.45) is 0 Å². The first-order valence-electron chi connectivity index (χ1n) is 4.49. The summed E-state index contributed by atoms with van der Waals surface area (Å²) in [4.78, 5) is 14.0. The molecule has 0 aliphatic rings. The SMILES string of the molecule is Cc1ccc(C#N)cc1-n1cc[nH]c1=O. The van der Waals surface area contributed by atoms with Crippen LogP contribution in [0.5, 0.6) is 0 Å². The summed E-state index contributed by atoms with van der Waals surface area (Å²) in [5.41, 5.74) is 2.04. The Hall–Kier alpha value is -2.28. The van der Waals surface area contributed by atoms with Gasteiger partial charge in [-0.05, 0) is 24.6 Å². The number of aromatic amines is 1. The highest BCUT2D eigenvalue weighted by Gasteiger charge is 2.04. The molecular formula is C11H9N3O. The number of hydrogen-bond donors (Lipinski definition) is 1. The maximum Gasteiger partial charge on any atom is 0.330 e. The van der Waals surface area contributed by atoms with Crippen molar-refractivity contribution < 1.29 is 0 Å². The van der Waals surface area contributed by atoms with E-state index in [1.165, 1.54) is 4.57 Å². The van der Waals surface area contributed by atoms with Gasteiger partial charge in [0.05, 0.1) is 17.3 Å². The number of aromatic nitrogens is 2. The number of H-pyrrole nitrogens is 1. The van der Waals surface area contributed by atoms with Crippen molar-refractivity contribution in [1.82, 2.24) is 9.55 Å². The first-order valence-corrected chi connectivity index (χ1v) is 4.49. The molecule has 1 aromatic carbocycles. The number of nitrogens with one attached hydrogen (secondary N) is 1. The highest BCUT2D eigenvalue weighted by Crippen LogP contribution is 2.13. The Kier molecular flexibility index (Phi) is 2.14. The number of nitriles is 1. The van der Waals surface area contributed by atoms with Crippen molar-refractivity contribution in [2.45, 2.75) is 6.92 Å². The van der Waals surface area contributed by atoms with Crippen LogP contribution < -0.4 is 5.69 Å². The third-order valence-electron chi connectivity index (χ3n) is 2.25. The lowest BCUT2D eigenvalue weighted by Gasteiger charge is -2.05. The molecule has 0 amide bonds. The molecular weight excluding hydrogens is 190 g/mol. The Labute approximate surface area is 86.4 Å². The molecule has 4 heteroatoms. The Morgan fingerprint density at radius 3 is 2.87 bits per heavy atom. The lowest BCUT2D eigenvalue weighted by Crippen LogP contribution is -2.15. The van der Waals surface area contributed by atoms with E-state index in [1.807, 2.05) is 13.0 Å². The Bertz CT molecular complexity index is 586. The van der Waals surface area contributed by atoms with Gasteiger partial charge in [-0.25, -0.2) is 4.79 Å². The van der Waals surface area contributed by atoms with Gasteiger partial charge in [-0.3, -0.25) is 4.57 Å². The van der Waals surface area contributed by atoms with Crippen LogP contribution in [0.3, 0.4) is 0 Å². The molecule has 2 aromatic rings. The first-order chi connectivity index (χ1) is 7.22. The molecule has 0 radical (unpaired) electrons. The second-order valence-corrected chi connectivity index (χ2v) is 3.25. The number of aryl methyl sites for hydroxylation is 1. The molecule has 2 rings (SSSR count). The second kappa shape index (κ2) is 3.46. The van der Waals surface area contributed by atoms with E-state index in [4.69, 9.17) is 5.26 Å². The monoisotopic (exact) mass is 199 g/mol. The lowest BCUT2D eigenvalue weighted by atomic mass is 10.1. The van der Waals surface area contributed by atoms with E-state index >= 15 is 0 Å². The third kappa shape index (κ3) is 1.55. The standard InChI is InChI=1S/C11H9N3O/c1-8-2-3-9(7-12)6-10(8)14-5-4-13-11(14)15/h2-6H,1H3,(H,13,15). The second-order valence-electron chi connectivity index (χ2n) is 3.25. The molecule has 0 atom stereocenters. The molecule has 0 unspecified atom stereocenters. The summed E-state index contributed by atoms with van der Waals surface area (Å²) in [7, 11) is 0. The van der Waals surface area contributed by atoms with Crippen LogP contribution in [0.2, 0.25) is 0 Å². The van der Waals surface area contributed by atoms with E-state index in [1.54, 1.807) is 24.5 Å². The zero-order valence-corrected chi connectivity index (χ0v) is 8.19. The summed E-state index contributed by atoms with van der Waals surface area (Å²) in [6, 6.07) is 7.31. The van der Waals surface area contributed by atoms with Gasteiger partial charge in [0.15, 0.2) is 0 Å². The minimum absolute atomic E-state index is 0.201. The third-order valence-corrected chi connectivity index (χ3v) is 2.25. The van der Waals surface area contributed by atoms with Crippen molar-refractivity contribution in [3.63, 3.8) is 0 Å². The molecule has 1 heterocycles. The van der Waals surface area contributed by atoms with Crippen molar-refractivity contribution in [1.29, 1.82) is 5.26 Å². The smallest absolute Gasteiger partial charge is 0.312 e. The van der Waals surface area contributed by atoms with E-state index in [9.17, 15) is 4.79 Å². The highest BCUT2D eigenvalue weighted by molar-refractivity contribution is 5.46. The molecule has 0 bridgehead atoms. The number of imidazole rings is 1. The van der Waals surface area contributed by atoms with Crippen molar-refractivity contribution in [3.05, 3.63) is 52.2 Å². The molecule has 15 heavy (non-hydrogen) atoms. The summed E-state index contributed by atoms with van der Waals surface area (Å²) in [5.74, 6) is 0. The van der Waals surface area contributed by atoms with Gasteiger partial charge in [0.1, 0.15) is 0 Å². The van der Waals surface area contributed by atoms with Gasteiger partial charge in [0.25, 0.3) is 0 Å². The summed E-state index contributed by atoms with van der Waals surface area (Å²) in [6.07, 6.45) is 3.21. The van der Waals surface area contributed by atoms with Crippen LogP contribution in [-0.2, 0) is 0 Å². The molecule has 1 N–H and O–H groups in total. The molecule has 0 fully saturated rings. The highest BCUT2D eigenvalue weighted by atomic mass is 16.1. The lowest BCUT2D eigenvalue weighted by molar-refractivity contribution is 0.975. The van der Waals surface area contributed by atoms with Crippen LogP contribution >= 0.6 is 0 Å². The maximum absolute atomic E-state index is 11.4. The topological polar surface area (TPSA) is 61.6 Å². The molecule has 1 aromatic heterocycles. The molecule has 0 spiro atoms. The average Bonchev–Trinajstić information content (AvgIpc) is 2.65. The predicted molar refractivity (Wildman–Crippen MR) is 55.8 cm³/mol. The zero-order valence-electron chi connectivity index (χ0n) is 8.19. The van der Waals surface area contributed by atoms with E-state index < -0.39 is 0 Å². The first kappa shape index (κ1) is 9.28. The fraction of sp³-hybridized carbons (Fsp3) is 0.0909. The van der Waals surface area contributed by atoms with Crippen LogP contribution in [0.1, 0.15) is 11.1 Å². The Balaban J connectivity index is 2.68. The summed E-state index contributed by atoms with van der Waals surface area (Å²) >= 11 is 0. The molecule has 74 valence electrons. The minimum Gasteiger partial charge on any atom is -0.312 e. The quantitative estimate of drug-likeness (QED) is 0.753. The van der Waals surface area contributed by atoms with Crippen LogP contribution in [0.15, 0.2) is 35.4 Å². The van der Waals surface area contributed by atoms with Crippen LogP contribution in [0, 0.1) is 18.3 Å². The van der Waals surface area contributed by atoms with E-state index in [0.717, 1.165) is 11.3 Å². The maximum atomic E-state index is 11.4. The van der Waals surface area contributed by atoms with Gasteiger partial charge >= 0.3 is 5.69 Å². The van der Waals surface area contributed by atoms with Crippen LogP contribution in [-0.4, -0.2) is 9.55 Å². The van der Waals surface area contributed by atoms with Gasteiger partial charge in [-0.2, -0.15) is 5.26 Å². The normalized spacial score (nSPS) is 9.87. The molecule has 0 aliphatic carbocycles. The van der Waals surface area contributed by atoms with Crippen LogP contribution in [0.4, 0.5) is 0 Å². The molecule has 4 nitrogen and oxygen atoms in total. The predicted octanol–water partition coefficient (Wildman–Crippen LogP) is 1.35. The van der Waals surface area contributed by atoms with E-state index in [0.29, 0.717) is 5.56 Å². The van der Waals surface area contributed by atoms with Gasteiger partial charge in [-0.1, -0.05) is 6.07 Å². The number of rotatable bonds is 1. The minimum atomic E-state index is -0.201. The van der Waals surface area contributed by atoms with Crippen molar-refractivity contribution >= 4 is 0 Å². The van der Waals surface area contributed by atoms with Gasteiger partial charge in [0.2, 0.25) is 0 Å². The summed E-state index contributed by atoms with van der Waals surface area (Å²) in [6.45, 7) is 1.90. The van der Waals surface area contributed by atoms with Gasteiger partial charge in [0, 0.05) is 12.4 Å². The zero-order chi connectivity index (χ0) is 10.8. The average molecular weight is 199 g/mol. The summed E-state index contributed by atoms with van der Waals surface area (Å²) < 4.78 is 1.48. The van der Waals surface area contributed by atoms with Crippen LogP contribution in [0.25, 0.3) is 5.69 Å². The van der Waals surface area contributed by atoms with Crippen molar-refractivity contribution in [2.75, 3.05) is 0 Å². The Morgan fingerprint density at radius 2 is 2.27 bits per heavy atom.